The topological polar surface area (TPSA) is 74.2 Å². The van der Waals surface area contributed by atoms with Crippen LogP contribution in [-0.2, 0) is 10.2 Å². The van der Waals surface area contributed by atoms with E-state index in [2.05, 4.69) is 30.3 Å². The minimum absolute atomic E-state index is 0.0181. The number of nitrogens with one attached hydrogen (secondary N) is 1. The Hall–Kier alpha value is -2.06. The quantitative estimate of drug-likeness (QED) is 0.748. The number of carbonyl (C=O) groups is 1. The van der Waals surface area contributed by atoms with Crippen molar-refractivity contribution in [2.75, 3.05) is 36.4 Å². The van der Waals surface area contributed by atoms with Gasteiger partial charge in [-0.1, -0.05) is 17.4 Å². The van der Waals surface area contributed by atoms with E-state index >= 15 is 0 Å². The molecule has 2 aromatic rings. The molecule has 32 heavy (non-hydrogen) atoms. The number of hydrogen-bond acceptors (Lipinski definition) is 7. The van der Waals surface area contributed by atoms with E-state index in [0.717, 1.165) is 49.8 Å². The lowest BCUT2D eigenvalue weighted by Gasteiger charge is -2.55. The van der Waals surface area contributed by atoms with Crippen molar-refractivity contribution < 1.29 is 4.79 Å². The van der Waals surface area contributed by atoms with Crippen LogP contribution in [0.25, 0.3) is 0 Å². The van der Waals surface area contributed by atoms with Gasteiger partial charge >= 0.3 is 0 Å². The van der Waals surface area contributed by atoms with Crippen LogP contribution in [0.2, 0.25) is 0 Å². The van der Waals surface area contributed by atoms with Gasteiger partial charge in [-0.15, -0.1) is 10.2 Å². The second-order valence-corrected chi connectivity index (χ2v) is 11.5. The lowest BCUT2D eigenvalue weighted by Crippen LogP contribution is -2.53. The molecule has 1 saturated heterocycles. The molecule has 1 unspecified atom stereocenters. The number of rotatable bonds is 5. The van der Waals surface area contributed by atoms with Gasteiger partial charge in [-0.3, -0.25) is 15.0 Å². The van der Waals surface area contributed by atoms with Crippen LogP contribution in [-0.4, -0.2) is 58.2 Å². The van der Waals surface area contributed by atoms with Gasteiger partial charge in [0.2, 0.25) is 11.0 Å². The summed E-state index contributed by atoms with van der Waals surface area (Å²) in [6.45, 7) is 5.44. The molecule has 0 spiro atoms. The second-order valence-electron chi connectivity index (χ2n) is 10.5. The molecule has 2 aromatic heterocycles. The molecule has 4 saturated carbocycles. The molecule has 1 amide bonds. The van der Waals surface area contributed by atoms with E-state index in [4.69, 9.17) is 0 Å². The second kappa shape index (κ2) is 8.06. The van der Waals surface area contributed by atoms with Crippen molar-refractivity contribution in [3.63, 3.8) is 0 Å². The number of aromatic nitrogens is 3. The Kier molecular flexibility index (Phi) is 5.17. The van der Waals surface area contributed by atoms with Crippen molar-refractivity contribution in [3.8, 4) is 0 Å². The summed E-state index contributed by atoms with van der Waals surface area (Å²) in [5.74, 6) is 3.67. The molecule has 170 valence electrons. The third-order valence-corrected chi connectivity index (χ3v) is 9.45. The van der Waals surface area contributed by atoms with Crippen molar-refractivity contribution in [2.24, 2.45) is 17.8 Å². The average molecular weight is 453 g/mol. The first-order valence-electron chi connectivity index (χ1n) is 12.1. The first kappa shape index (κ1) is 20.5. The maximum atomic E-state index is 13.0. The van der Waals surface area contributed by atoms with E-state index in [1.165, 1.54) is 43.5 Å². The summed E-state index contributed by atoms with van der Waals surface area (Å²) in [6.07, 6.45) is 9.93. The number of carbonyl (C=O) groups excluding carboxylic acids is 1. The number of pyridine rings is 1. The molecule has 5 fully saturated rings. The highest BCUT2D eigenvalue weighted by Gasteiger charge is 2.53. The highest BCUT2D eigenvalue weighted by molar-refractivity contribution is 7.15. The Morgan fingerprint density at radius 1 is 1.06 bits per heavy atom. The fourth-order valence-electron chi connectivity index (χ4n) is 7.12. The van der Waals surface area contributed by atoms with Gasteiger partial charge in [0, 0.05) is 37.8 Å². The van der Waals surface area contributed by atoms with Gasteiger partial charge < -0.3 is 4.90 Å². The molecule has 8 heteroatoms. The third-order valence-electron chi connectivity index (χ3n) is 8.36. The van der Waals surface area contributed by atoms with Crippen LogP contribution in [0, 0.1) is 17.8 Å². The predicted molar refractivity (Wildman–Crippen MR) is 126 cm³/mol. The monoisotopic (exact) mass is 452 g/mol. The zero-order chi connectivity index (χ0) is 21.7. The van der Waals surface area contributed by atoms with Crippen LogP contribution in [0.5, 0.6) is 0 Å². The van der Waals surface area contributed by atoms with Crippen molar-refractivity contribution in [1.29, 1.82) is 0 Å². The molecule has 3 heterocycles. The van der Waals surface area contributed by atoms with Gasteiger partial charge in [-0.05, 0) is 75.3 Å². The van der Waals surface area contributed by atoms with E-state index < -0.39 is 0 Å². The zero-order valence-electron chi connectivity index (χ0n) is 18.7. The number of anilines is 2. The van der Waals surface area contributed by atoms with E-state index in [1.807, 2.05) is 31.3 Å². The molecule has 0 radical (unpaired) electrons. The van der Waals surface area contributed by atoms with E-state index in [9.17, 15) is 4.79 Å². The molecule has 0 aromatic carbocycles. The first-order valence-corrected chi connectivity index (χ1v) is 12.9. The Morgan fingerprint density at radius 2 is 1.75 bits per heavy atom. The molecule has 7 nitrogen and oxygen atoms in total. The van der Waals surface area contributed by atoms with E-state index in [1.54, 1.807) is 11.3 Å². The minimum atomic E-state index is -0.187. The SMILES string of the molecule is CC(C(=O)Nc1nnc(C23CC4CC(CC(C4)C2)C3)s1)N1CCN(c2ccccn2)CC1. The fraction of sp³-hybridized carbons (Fsp3) is 0.667. The van der Waals surface area contributed by atoms with Gasteiger partial charge in [0.05, 0.1) is 6.04 Å². The zero-order valence-corrected chi connectivity index (χ0v) is 19.6. The molecule has 1 atom stereocenters. The maximum absolute atomic E-state index is 13.0. The number of piperazine rings is 1. The maximum Gasteiger partial charge on any atom is 0.243 e. The highest BCUT2D eigenvalue weighted by atomic mass is 32.1. The van der Waals surface area contributed by atoms with Crippen LogP contribution in [0.1, 0.15) is 50.5 Å². The number of hydrogen-bond donors (Lipinski definition) is 1. The normalized spacial score (nSPS) is 32.8. The van der Waals surface area contributed by atoms with Gasteiger partial charge in [0.25, 0.3) is 0 Å². The van der Waals surface area contributed by atoms with Crippen LogP contribution >= 0.6 is 11.3 Å². The summed E-state index contributed by atoms with van der Waals surface area (Å²) in [7, 11) is 0. The van der Waals surface area contributed by atoms with Gasteiger partial charge in [0.15, 0.2) is 0 Å². The molecular weight excluding hydrogens is 420 g/mol. The van der Waals surface area contributed by atoms with Crippen molar-refractivity contribution >= 4 is 28.2 Å². The number of nitrogens with zero attached hydrogens (tertiary/aromatic N) is 5. The van der Waals surface area contributed by atoms with Crippen LogP contribution in [0.4, 0.5) is 10.9 Å². The molecule has 4 aliphatic carbocycles. The largest absolute Gasteiger partial charge is 0.354 e. The molecule has 1 aliphatic heterocycles. The van der Waals surface area contributed by atoms with Crippen LogP contribution in [0.3, 0.4) is 0 Å². The standard InChI is InChI=1S/C24H32N6OS/c1-16(29-6-8-30(9-7-29)20-4-2-3-5-25-20)21(31)26-23-28-27-22(32-23)24-13-17-10-18(14-24)12-19(11-17)15-24/h2-5,16-19H,6-15H2,1H3,(H,26,28,31). The van der Waals surface area contributed by atoms with Crippen molar-refractivity contribution in [1.82, 2.24) is 20.1 Å². The lowest BCUT2D eigenvalue weighted by atomic mass is 9.50. The summed E-state index contributed by atoms with van der Waals surface area (Å²) >= 11 is 1.62. The summed E-state index contributed by atoms with van der Waals surface area (Å²) < 4.78 is 0. The van der Waals surface area contributed by atoms with Gasteiger partial charge in [0.1, 0.15) is 10.8 Å². The number of amides is 1. The molecule has 1 N–H and O–H groups in total. The van der Waals surface area contributed by atoms with Gasteiger partial charge in [-0.25, -0.2) is 4.98 Å². The van der Waals surface area contributed by atoms with E-state index in [0.29, 0.717) is 5.13 Å². The Balaban J connectivity index is 1.07. The highest BCUT2D eigenvalue weighted by Crippen LogP contribution is 2.61. The summed E-state index contributed by atoms with van der Waals surface area (Å²) in [5.41, 5.74) is 0.239. The molecule has 4 bridgehead atoms. The Bertz CT molecular complexity index is 935. The minimum Gasteiger partial charge on any atom is -0.354 e. The summed E-state index contributed by atoms with van der Waals surface area (Å²) in [6, 6.07) is 5.81. The van der Waals surface area contributed by atoms with E-state index in [-0.39, 0.29) is 17.4 Å². The van der Waals surface area contributed by atoms with Crippen LogP contribution in [0.15, 0.2) is 24.4 Å². The third kappa shape index (κ3) is 3.71. The molecular formula is C24H32N6OS. The van der Waals surface area contributed by atoms with Crippen LogP contribution < -0.4 is 10.2 Å². The Morgan fingerprint density at radius 3 is 2.38 bits per heavy atom. The fourth-order valence-corrected chi connectivity index (χ4v) is 8.08. The molecule has 5 aliphatic rings. The molecule has 7 rings (SSSR count). The Labute approximate surface area is 193 Å². The van der Waals surface area contributed by atoms with Gasteiger partial charge in [-0.2, -0.15) is 0 Å². The average Bonchev–Trinajstić information content (AvgIpc) is 3.28. The van der Waals surface area contributed by atoms with Crippen molar-refractivity contribution in [3.05, 3.63) is 29.4 Å². The summed E-state index contributed by atoms with van der Waals surface area (Å²) in [5, 5.41) is 13.9. The van der Waals surface area contributed by atoms with Crippen molar-refractivity contribution in [2.45, 2.75) is 56.9 Å². The predicted octanol–water partition coefficient (Wildman–Crippen LogP) is 3.55. The first-order chi connectivity index (χ1) is 15.6. The summed E-state index contributed by atoms with van der Waals surface area (Å²) in [4.78, 5) is 22.0. The smallest absolute Gasteiger partial charge is 0.243 e. The lowest BCUT2D eigenvalue weighted by molar-refractivity contribution is -0.120.